The Kier molecular flexibility index (Phi) is 4.08. The molecule has 0 aromatic carbocycles. The van der Waals surface area contributed by atoms with E-state index < -0.39 is 11.2 Å². The van der Waals surface area contributed by atoms with Crippen molar-refractivity contribution in [3.05, 3.63) is 16.7 Å². The van der Waals surface area contributed by atoms with Crippen molar-refractivity contribution in [2.24, 2.45) is 0 Å². The van der Waals surface area contributed by atoms with Crippen LogP contribution in [0.25, 0.3) is 0 Å². The van der Waals surface area contributed by atoms with Gasteiger partial charge in [0.05, 0.1) is 11.9 Å². The molecule has 0 aliphatic carbocycles. The number of hydrogen-bond acceptors (Lipinski definition) is 6. The lowest BCUT2D eigenvalue weighted by molar-refractivity contribution is 0.0459. The normalized spacial score (nSPS) is 14.6. The highest BCUT2D eigenvalue weighted by Crippen LogP contribution is 2.11. The molecular weight excluding hydrogens is 222 g/mol. The number of aromatic amines is 1. The lowest BCUT2D eigenvalue weighted by atomic mass is 10.1. The minimum atomic E-state index is -0.930. The Bertz CT molecular complexity index is 427. The van der Waals surface area contributed by atoms with Crippen molar-refractivity contribution in [2.75, 3.05) is 38.2 Å². The van der Waals surface area contributed by atoms with Gasteiger partial charge in [0.15, 0.2) is 5.82 Å². The molecule has 0 saturated heterocycles. The number of aliphatic hydroxyl groups is 1. The van der Waals surface area contributed by atoms with Gasteiger partial charge in [0, 0.05) is 13.1 Å². The molecule has 0 amide bonds. The Morgan fingerprint density at radius 2 is 2.29 bits per heavy atom. The molecule has 1 atom stereocenters. The number of aromatic nitrogens is 2. The van der Waals surface area contributed by atoms with Gasteiger partial charge in [-0.1, -0.05) is 0 Å². The molecule has 7 heteroatoms. The molecule has 1 aromatic heterocycles. The van der Waals surface area contributed by atoms with Gasteiger partial charge in [0.25, 0.3) is 5.56 Å². The minimum Gasteiger partial charge on any atom is -0.391 e. The van der Waals surface area contributed by atoms with Crippen molar-refractivity contribution in [2.45, 2.75) is 12.5 Å². The second-order valence-electron chi connectivity index (χ2n) is 4.58. The molecule has 0 aliphatic rings. The van der Waals surface area contributed by atoms with E-state index in [1.54, 1.807) is 6.92 Å². The van der Waals surface area contributed by atoms with Crippen molar-refractivity contribution in [1.29, 1.82) is 0 Å². The van der Waals surface area contributed by atoms with E-state index in [9.17, 15) is 9.90 Å². The van der Waals surface area contributed by atoms with Crippen LogP contribution < -0.4 is 16.6 Å². The predicted molar refractivity (Wildman–Crippen MR) is 66.9 cm³/mol. The van der Waals surface area contributed by atoms with Crippen LogP contribution in [0.4, 0.5) is 11.5 Å². The van der Waals surface area contributed by atoms with Crippen LogP contribution in [0.5, 0.6) is 0 Å². The van der Waals surface area contributed by atoms with Crippen molar-refractivity contribution in [1.82, 2.24) is 14.9 Å². The van der Waals surface area contributed by atoms with Crippen LogP contribution in [0, 0.1) is 0 Å². The average Bonchev–Trinajstić information content (AvgIpc) is 2.18. The molecule has 1 heterocycles. The highest BCUT2D eigenvalue weighted by Gasteiger charge is 2.21. The maximum Gasteiger partial charge on any atom is 0.276 e. The van der Waals surface area contributed by atoms with E-state index in [-0.39, 0.29) is 18.1 Å². The number of nitrogen functional groups attached to an aromatic ring is 1. The van der Waals surface area contributed by atoms with Crippen LogP contribution in [0.1, 0.15) is 6.92 Å². The Morgan fingerprint density at radius 3 is 2.88 bits per heavy atom. The first kappa shape index (κ1) is 13.5. The van der Waals surface area contributed by atoms with Crippen LogP contribution in [0.15, 0.2) is 11.1 Å². The van der Waals surface area contributed by atoms with E-state index in [0.717, 1.165) is 0 Å². The Balaban J connectivity index is 2.67. The van der Waals surface area contributed by atoms with Crippen LogP contribution >= 0.6 is 0 Å². The number of nitrogens with two attached hydrogens (primary N) is 1. The molecule has 5 N–H and O–H groups in total. The van der Waals surface area contributed by atoms with Gasteiger partial charge in [0.1, 0.15) is 5.69 Å². The summed E-state index contributed by atoms with van der Waals surface area (Å²) in [5.41, 5.74) is 4.25. The van der Waals surface area contributed by atoms with Gasteiger partial charge in [-0.2, -0.15) is 0 Å². The Morgan fingerprint density at radius 1 is 1.65 bits per heavy atom. The number of rotatable bonds is 5. The summed E-state index contributed by atoms with van der Waals surface area (Å²) in [5, 5.41) is 12.9. The Labute approximate surface area is 99.7 Å². The van der Waals surface area contributed by atoms with E-state index in [0.29, 0.717) is 6.54 Å². The van der Waals surface area contributed by atoms with E-state index >= 15 is 0 Å². The lowest BCUT2D eigenvalue weighted by Gasteiger charge is -2.27. The van der Waals surface area contributed by atoms with Crippen LogP contribution in [-0.4, -0.2) is 52.8 Å². The van der Waals surface area contributed by atoms with Crippen LogP contribution in [0.2, 0.25) is 0 Å². The summed E-state index contributed by atoms with van der Waals surface area (Å²) in [6.07, 6.45) is 1.27. The summed E-state index contributed by atoms with van der Waals surface area (Å²) in [4.78, 5) is 19.4. The van der Waals surface area contributed by atoms with Gasteiger partial charge < -0.3 is 26.0 Å². The molecule has 0 aliphatic heterocycles. The summed E-state index contributed by atoms with van der Waals surface area (Å²) >= 11 is 0. The summed E-state index contributed by atoms with van der Waals surface area (Å²) in [6, 6.07) is 0. The first-order chi connectivity index (χ1) is 7.82. The summed E-state index contributed by atoms with van der Waals surface area (Å²) in [6.45, 7) is 2.44. The van der Waals surface area contributed by atoms with Crippen molar-refractivity contribution >= 4 is 11.5 Å². The quantitative estimate of drug-likeness (QED) is 0.531. The predicted octanol–water partition coefficient (Wildman–Crippen LogP) is -0.923. The number of nitrogens with zero attached hydrogens (tertiary/aromatic N) is 2. The number of H-pyrrole nitrogens is 1. The molecule has 0 bridgehead atoms. The SMILES string of the molecule is CN(C)CC(C)(O)CNc1nc[nH]c(=O)c1N. The fraction of sp³-hybridized carbons (Fsp3) is 0.600. The van der Waals surface area contributed by atoms with Crippen molar-refractivity contribution in [3.8, 4) is 0 Å². The zero-order valence-electron chi connectivity index (χ0n) is 10.3. The molecule has 1 aromatic rings. The standard InChI is InChI=1S/C10H19N5O2/c1-10(17,5-15(2)3)4-12-8-7(11)9(16)14-6-13-8/h6,17H,4-5,11H2,1-3H3,(H2,12,13,14,16). The molecule has 96 valence electrons. The third-order valence-electron chi connectivity index (χ3n) is 2.18. The molecule has 1 unspecified atom stereocenters. The maximum absolute atomic E-state index is 11.2. The molecule has 0 spiro atoms. The lowest BCUT2D eigenvalue weighted by Crippen LogP contribution is -2.43. The average molecular weight is 241 g/mol. The van der Waals surface area contributed by atoms with E-state index in [1.807, 2.05) is 19.0 Å². The van der Waals surface area contributed by atoms with Gasteiger partial charge in [-0.05, 0) is 21.0 Å². The van der Waals surface area contributed by atoms with Gasteiger partial charge in [-0.3, -0.25) is 4.79 Å². The molecule has 17 heavy (non-hydrogen) atoms. The molecule has 0 radical (unpaired) electrons. The van der Waals surface area contributed by atoms with Gasteiger partial charge >= 0.3 is 0 Å². The molecule has 0 fully saturated rings. The monoisotopic (exact) mass is 241 g/mol. The molecule has 1 rings (SSSR count). The van der Waals surface area contributed by atoms with Crippen molar-refractivity contribution < 1.29 is 5.11 Å². The van der Waals surface area contributed by atoms with E-state index in [4.69, 9.17) is 5.73 Å². The van der Waals surface area contributed by atoms with Gasteiger partial charge in [-0.25, -0.2) is 4.98 Å². The summed E-state index contributed by atoms with van der Waals surface area (Å²) in [5.74, 6) is 0.285. The zero-order valence-corrected chi connectivity index (χ0v) is 10.3. The largest absolute Gasteiger partial charge is 0.391 e. The number of nitrogens with one attached hydrogen (secondary N) is 2. The Hall–Kier alpha value is -1.60. The third kappa shape index (κ3) is 4.04. The van der Waals surface area contributed by atoms with Crippen LogP contribution in [0.3, 0.4) is 0 Å². The maximum atomic E-state index is 11.2. The molecular formula is C10H19N5O2. The van der Waals surface area contributed by atoms with Gasteiger partial charge in [-0.15, -0.1) is 0 Å². The van der Waals surface area contributed by atoms with Crippen molar-refractivity contribution in [3.63, 3.8) is 0 Å². The fourth-order valence-electron chi connectivity index (χ4n) is 1.56. The smallest absolute Gasteiger partial charge is 0.276 e. The second kappa shape index (κ2) is 5.15. The van der Waals surface area contributed by atoms with E-state index in [2.05, 4.69) is 15.3 Å². The van der Waals surface area contributed by atoms with Gasteiger partial charge in [0.2, 0.25) is 0 Å². The van der Waals surface area contributed by atoms with Crippen LogP contribution in [-0.2, 0) is 0 Å². The highest BCUT2D eigenvalue weighted by molar-refractivity contribution is 5.58. The summed E-state index contributed by atoms with van der Waals surface area (Å²) in [7, 11) is 3.74. The highest BCUT2D eigenvalue weighted by atomic mass is 16.3. The topological polar surface area (TPSA) is 107 Å². The first-order valence-corrected chi connectivity index (χ1v) is 5.26. The fourth-order valence-corrected chi connectivity index (χ4v) is 1.56. The molecule has 7 nitrogen and oxygen atoms in total. The third-order valence-corrected chi connectivity index (χ3v) is 2.18. The zero-order chi connectivity index (χ0) is 13.1. The second-order valence-corrected chi connectivity index (χ2v) is 4.58. The molecule has 0 saturated carbocycles. The first-order valence-electron chi connectivity index (χ1n) is 5.26. The number of hydrogen-bond donors (Lipinski definition) is 4. The number of likely N-dealkylation sites (N-methyl/N-ethyl adjacent to an activating group) is 1. The number of anilines is 2. The van der Waals surface area contributed by atoms with E-state index in [1.165, 1.54) is 6.33 Å². The minimum absolute atomic E-state index is 0.0214. The summed E-state index contributed by atoms with van der Waals surface area (Å²) < 4.78 is 0.